The number of phenols is 5. The van der Waals surface area contributed by atoms with Crippen LogP contribution in [0, 0.1) is 31.1 Å². The average molecular weight is 629 g/mol. The summed E-state index contributed by atoms with van der Waals surface area (Å²) in [7, 11) is 0. The van der Waals surface area contributed by atoms with Crippen molar-refractivity contribution in [1.29, 1.82) is 0 Å². The van der Waals surface area contributed by atoms with Gasteiger partial charge in [0.25, 0.3) is 0 Å². The van der Waals surface area contributed by atoms with E-state index in [1.165, 1.54) is 44.2 Å². The Morgan fingerprint density at radius 1 is 0.826 bits per heavy atom. The van der Waals surface area contributed by atoms with E-state index < -0.39 is 34.6 Å². The Bertz CT molecular complexity index is 1720. The largest absolute Gasteiger partial charge is 0.508 e. The molecular weight excluding hydrogens is 588 g/mol. The first-order chi connectivity index (χ1) is 21.8. The van der Waals surface area contributed by atoms with Crippen molar-refractivity contribution in [3.63, 3.8) is 0 Å². The van der Waals surface area contributed by atoms with E-state index in [2.05, 4.69) is 13.0 Å². The molecule has 0 heterocycles. The minimum atomic E-state index is -0.825. The minimum Gasteiger partial charge on any atom is -0.508 e. The third-order valence-corrected chi connectivity index (χ3v) is 11.0. The van der Waals surface area contributed by atoms with Crippen molar-refractivity contribution >= 4 is 17.5 Å². The van der Waals surface area contributed by atoms with Crippen molar-refractivity contribution in [3.8, 4) is 28.7 Å². The molecule has 4 aliphatic rings. The SMILES string of the molecule is CCC(=O)OC1CCC2C3CCc4cc(O)ccc4C3CCC12C.Cc1cc(O)c2c(c1O)C(=O)c1c(O)cc(C)c(O)c1C2=O. The second-order valence-electron chi connectivity index (χ2n) is 13.5. The number of carbonyl (C=O) groups is 3. The predicted molar refractivity (Wildman–Crippen MR) is 169 cm³/mol. The van der Waals surface area contributed by atoms with Crippen molar-refractivity contribution in [2.75, 3.05) is 0 Å². The monoisotopic (exact) mass is 628 g/mol. The first-order valence-electron chi connectivity index (χ1n) is 16.0. The number of hydrogen-bond donors (Lipinski definition) is 5. The molecule has 46 heavy (non-hydrogen) atoms. The summed E-state index contributed by atoms with van der Waals surface area (Å²) >= 11 is 0. The van der Waals surface area contributed by atoms with E-state index in [0.717, 1.165) is 31.4 Å². The summed E-state index contributed by atoms with van der Waals surface area (Å²) in [5, 5.41) is 49.9. The molecule has 0 saturated heterocycles. The molecule has 3 aromatic carbocycles. The molecule has 0 bridgehead atoms. The highest BCUT2D eigenvalue weighted by atomic mass is 16.5. The molecule has 5 atom stereocenters. The van der Waals surface area contributed by atoms with Gasteiger partial charge in [0.15, 0.2) is 0 Å². The van der Waals surface area contributed by atoms with Crippen LogP contribution in [-0.2, 0) is 16.0 Å². The number of fused-ring (bicyclic) bond motifs is 7. The Hall–Kier alpha value is -4.53. The van der Waals surface area contributed by atoms with E-state index in [1.54, 1.807) is 0 Å². The average Bonchev–Trinajstić information content (AvgIpc) is 3.35. The second kappa shape index (κ2) is 11.4. The minimum absolute atomic E-state index is 0.0477. The lowest BCUT2D eigenvalue weighted by Crippen LogP contribution is -2.45. The highest BCUT2D eigenvalue weighted by Crippen LogP contribution is 2.61. The number of aryl methyl sites for hydroxylation is 3. The quantitative estimate of drug-likeness (QED) is 0.124. The number of ether oxygens (including phenoxy) is 1. The van der Waals surface area contributed by atoms with Gasteiger partial charge in [-0.3, -0.25) is 14.4 Å². The van der Waals surface area contributed by atoms with Crippen molar-refractivity contribution in [2.24, 2.45) is 17.3 Å². The van der Waals surface area contributed by atoms with Crippen LogP contribution < -0.4 is 0 Å². The lowest BCUT2D eigenvalue weighted by Gasteiger charge is -2.50. The van der Waals surface area contributed by atoms with Crippen molar-refractivity contribution in [3.05, 3.63) is 74.8 Å². The summed E-state index contributed by atoms with van der Waals surface area (Å²) in [6.45, 7) is 7.17. The van der Waals surface area contributed by atoms with Gasteiger partial charge in [-0.1, -0.05) is 19.9 Å². The number of aromatic hydroxyl groups is 5. The molecule has 9 heteroatoms. The maximum Gasteiger partial charge on any atom is 0.305 e. The first-order valence-corrected chi connectivity index (χ1v) is 16.0. The zero-order valence-electron chi connectivity index (χ0n) is 26.5. The van der Waals surface area contributed by atoms with E-state index in [0.29, 0.717) is 29.9 Å². The molecule has 0 spiro atoms. The summed E-state index contributed by atoms with van der Waals surface area (Å²) in [4.78, 5) is 37.0. The summed E-state index contributed by atoms with van der Waals surface area (Å²) < 4.78 is 5.83. The number of phenolic OH excluding ortho intramolecular Hbond substituents is 5. The zero-order chi connectivity index (χ0) is 33.2. The summed E-state index contributed by atoms with van der Waals surface area (Å²) in [6, 6.07) is 8.27. The molecule has 5 N–H and O–H groups in total. The number of esters is 1. The van der Waals surface area contributed by atoms with Gasteiger partial charge < -0.3 is 30.3 Å². The highest BCUT2D eigenvalue weighted by Gasteiger charge is 2.56. The number of rotatable bonds is 2. The second-order valence-corrected chi connectivity index (χ2v) is 13.5. The topological polar surface area (TPSA) is 162 Å². The van der Waals surface area contributed by atoms with Crippen LogP contribution in [0.2, 0.25) is 0 Å². The standard InChI is InChI=1S/C21H28O3.C16H12O6/c1-3-20(23)24-19-9-8-18-17-6-4-13-12-14(22)5-7-15(13)16(17)10-11-21(18,19)2;1-5-3-7(17)9-11(13(5)19)15(21)10-8(18)4-6(2)14(20)12(10)16(9)22/h5,7,12,16-19,22H,3-4,6,8-11H2,1-2H3;3-4,17-20H,1-2H3. The molecule has 5 unspecified atom stereocenters. The Morgan fingerprint density at radius 3 is 1.98 bits per heavy atom. The van der Waals surface area contributed by atoms with Gasteiger partial charge in [0.2, 0.25) is 11.6 Å². The molecule has 0 radical (unpaired) electrons. The summed E-state index contributed by atoms with van der Waals surface area (Å²) in [5.41, 5.74) is 1.91. The zero-order valence-corrected chi connectivity index (χ0v) is 26.5. The van der Waals surface area contributed by atoms with Crippen molar-refractivity contribution in [1.82, 2.24) is 0 Å². The number of benzene rings is 3. The van der Waals surface area contributed by atoms with Gasteiger partial charge in [0.05, 0.1) is 22.3 Å². The third-order valence-electron chi connectivity index (χ3n) is 11.0. The van der Waals surface area contributed by atoms with E-state index in [4.69, 9.17) is 4.74 Å². The fourth-order valence-corrected chi connectivity index (χ4v) is 8.69. The Morgan fingerprint density at radius 2 is 1.41 bits per heavy atom. The normalized spacial score (nSPS) is 25.7. The molecule has 7 rings (SSSR count). The molecule has 2 saturated carbocycles. The van der Waals surface area contributed by atoms with Crippen LogP contribution in [0.3, 0.4) is 0 Å². The molecule has 9 nitrogen and oxygen atoms in total. The van der Waals surface area contributed by atoms with Gasteiger partial charge in [-0.05, 0) is 117 Å². The maximum atomic E-state index is 12.6. The summed E-state index contributed by atoms with van der Waals surface area (Å²) in [6.07, 6.45) is 7.38. The van der Waals surface area contributed by atoms with E-state index in [1.807, 2.05) is 19.1 Å². The number of ketones is 2. The van der Waals surface area contributed by atoms with Gasteiger partial charge in [-0.15, -0.1) is 0 Å². The van der Waals surface area contributed by atoms with Crippen molar-refractivity contribution < 1.29 is 44.7 Å². The van der Waals surface area contributed by atoms with Gasteiger partial charge >= 0.3 is 5.97 Å². The molecule has 4 aliphatic carbocycles. The van der Waals surface area contributed by atoms with Gasteiger partial charge in [-0.2, -0.15) is 0 Å². The van der Waals surface area contributed by atoms with Crippen LogP contribution in [0.5, 0.6) is 28.7 Å². The molecule has 3 aromatic rings. The molecule has 0 amide bonds. The fourth-order valence-electron chi connectivity index (χ4n) is 8.69. The summed E-state index contributed by atoms with van der Waals surface area (Å²) in [5.74, 6) is -1.12. The molecule has 242 valence electrons. The van der Waals surface area contributed by atoms with Gasteiger partial charge in [0.1, 0.15) is 34.9 Å². The van der Waals surface area contributed by atoms with Gasteiger partial charge in [0, 0.05) is 11.8 Å². The Labute approximate surface area is 267 Å². The van der Waals surface area contributed by atoms with Crippen LogP contribution in [0.25, 0.3) is 0 Å². The predicted octanol–water partition coefficient (Wildman–Crippen LogP) is 6.47. The van der Waals surface area contributed by atoms with Crippen LogP contribution in [0.15, 0.2) is 30.3 Å². The van der Waals surface area contributed by atoms with E-state index >= 15 is 0 Å². The molecule has 0 aromatic heterocycles. The Kier molecular flexibility index (Phi) is 7.77. The molecule has 0 aliphatic heterocycles. The van der Waals surface area contributed by atoms with Crippen LogP contribution in [-0.4, -0.2) is 49.2 Å². The van der Waals surface area contributed by atoms with E-state index in [9.17, 15) is 39.9 Å². The lowest BCUT2D eigenvalue weighted by molar-refractivity contribution is -0.157. The highest BCUT2D eigenvalue weighted by molar-refractivity contribution is 6.32. The number of hydrogen-bond acceptors (Lipinski definition) is 9. The van der Waals surface area contributed by atoms with Crippen LogP contribution >= 0.6 is 0 Å². The van der Waals surface area contributed by atoms with E-state index in [-0.39, 0.29) is 50.9 Å². The molecular formula is C37H40O9. The van der Waals surface area contributed by atoms with Crippen molar-refractivity contribution in [2.45, 2.75) is 84.7 Å². The maximum absolute atomic E-state index is 12.6. The van der Waals surface area contributed by atoms with Crippen LogP contribution in [0.4, 0.5) is 0 Å². The first kappa shape index (κ1) is 31.5. The van der Waals surface area contributed by atoms with Gasteiger partial charge in [-0.25, -0.2) is 0 Å². The lowest BCUT2D eigenvalue weighted by atomic mass is 9.55. The number of carbonyl (C=O) groups excluding carboxylic acids is 3. The Balaban J connectivity index is 0.000000162. The smallest absolute Gasteiger partial charge is 0.305 e. The molecule has 2 fully saturated rings. The fraction of sp³-hybridized carbons (Fsp3) is 0.432. The van der Waals surface area contributed by atoms with Crippen LogP contribution in [0.1, 0.15) is 112 Å². The third kappa shape index (κ3) is 4.79.